The van der Waals surface area contributed by atoms with E-state index in [1.165, 1.54) is 22.4 Å². The van der Waals surface area contributed by atoms with Gasteiger partial charge in [0.15, 0.2) is 0 Å². The fraction of sp³-hybridized carbons (Fsp3) is 0.318. The minimum absolute atomic E-state index is 0.0275. The standard InChI is InChI=1S/C22H26N2O/c1-15-10-21-20(16(2)13-22(3,4)24(21)5)11-17(15)14-23-18-8-7-9-19(12-18)25-6/h7-14H,1-6H3. The minimum atomic E-state index is 0.0275. The lowest BCUT2D eigenvalue weighted by Gasteiger charge is -2.41. The fourth-order valence-electron chi connectivity index (χ4n) is 3.29. The van der Waals surface area contributed by atoms with Crippen molar-refractivity contribution < 1.29 is 4.74 Å². The van der Waals surface area contributed by atoms with Crippen LogP contribution in [0, 0.1) is 6.92 Å². The van der Waals surface area contributed by atoms with Gasteiger partial charge in [0, 0.05) is 30.6 Å². The van der Waals surface area contributed by atoms with Gasteiger partial charge in [0.25, 0.3) is 0 Å². The van der Waals surface area contributed by atoms with Crippen LogP contribution in [0.5, 0.6) is 5.75 Å². The van der Waals surface area contributed by atoms with Crippen LogP contribution in [-0.4, -0.2) is 25.9 Å². The third kappa shape index (κ3) is 3.32. The zero-order valence-electron chi connectivity index (χ0n) is 15.9. The summed E-state index contributed by atoms with van der Waals surface area (Å²) in [5.41, 5.74) is 7.15. The first-order chi connectivity index (χ1) is 11.8. The number of aliphatic imine (C=N–C) groups is 1. The number of hydrogen-bond donors (Lipinski definition) is 0. The van der Waals surface area contributed by atoms with Crippen molar-refractivity contribution in [3.05, 3.63) is 59.2 Å². The number of allylic oxidation sites excluding steroid dienone is 1. The zero-order chi connectivity index (χ0) is 18.2. The Hall–Kier alpha value is -2.55. The Balaban J connectivity index is 1.99. The number of anilines is 1. The molecule has 1 aliphatic rings. The van der Waals surface area contributed by atoms with Gasteiger partial charge >= 0.3 is 0 Å². The van der Waals surface area contributed by atoms with Gasteiger partial charge in [0.1, 0.15) is 5.75 Å². The highest BCUT2D eigenvalue weighted by atomic mass is 16.5. The van der Waals surface area contributed by atoms with Gasteiger partial charge in [0.2, 0.25) is 0 Å². The molecule has 3 nitrogen and oxygen atoms in total. The van der Waals surface area contributed by atoms with Crippen LogP contribution >= 0.6 is 0 Å². The van der Waals surface area contributed by atoms with Crippen molar-refractivity contribution in [1.29, 1.82) is 0 Å². The highest BCUT2D eigenvalue weighted by Crippen LogP contribution is 2.39. The molecule has 3 heteroatoms. The molecule has 130 valence electrons. The second kappa shape index (κ2) is 6.40. The first kappa shape index (κ1) is 17.3. The van der Waals surface area contributed by atoms with Gasteiger partial charge in [-0.1, -0.05) is 12.1 Å². The van der Waals surface area contributed by atoms with Crippen LogP contribution in [0.15, 0.2) is 47.5 Å². The van der Waals surface area contributed by atoms with Crippen LogP contribution in [0.4, 0.5) is 11.4 Å². The van der Waals surface area contributed by atoms with E-state index in [1.807, 2.05) is 30.5 Å². The molecule has 0 atom stereocenters. The largest absolute Gasteiger partial charge is 0.497 e. The molecular weight excluding hydrogens is 308 g/mol. The van der Waals surface area contributed by atoms with Crippen LogP contribution < -0.4 is 9.64 Å². The van der Waals surface area contributed by atoms with E-state index in [0.29, 0.717) is 0 Å². The molecule has 0 saturated heterocycles. The highest BCUT2D eigenvalue weighted by molar-refractivity contribution is 5.90. The van der Waals surface area contributed by atoms with E-state index in [4.69, 9.17) is 4.74 Å². The Morgan fingerprint density at radius 1 is 1.12 bits per heavy atom. The molecule has 1 heterocycles. The third-order valence-electron chi connectivity index (χ3n) is 5.01. The number of hydrogen-bond acceptors (Lipinski definition) is 3. The first-order valence-electron chi connectivity index (χ1n) is 8.58. The second-order valence-electron chi connectivity index (χ2n) is 7.23. The van der Waals surface area contributed by atoms with Crippen molar-refractivity contribution in [2.75, 3.05) is 19.1 Å². The van der Waals surface area contributed by atoms with Crippen molar-refractivity contribution in [3.8, 4) is 5.75 Å². The average Bonchev–Trinajstić information content (AvgIpc) is 2.58. The van der Waals surface area contributed by atoms with Gasteiger partial charge in [-0.15, -0.1) is 0 Å². The summed E-state index contributed by atoms with van der Waals surface area (Å²) in [5, 5.41) is 0. The van der Waals surface area contributed by atoms with E-state index >= 15 is 0 Å². The average molecular weight is 334 g/mol. The maximum atomic E-state index is 5.26. The summed E-state index contributed by atoms with van der Waals surface area (Å²) in [7, 11) is 3.83. The fourth-order valence-corrected chi connectivity index (χ4v) is 3.29. The lowest BCUT2D eigenvalue weighted by Crippen LogP contribution is -2.42. The molecule has 0 radical (unpaired) electrons. The summed E-state index contributed by atoms with van der Waals surface area (Å²) in [5.74, 6) is 0.819. The molecule has 0 amide bonds. The maximum absolute atomic E-state index is 5.26. The molecule has 2 aromatic carbocycles. The maximum Gasteiger partial charge on any atom is 0.121 e. The van der Waals surface area contributed by atoms with E-state index in [2.05, 4.69) is 62.8 Å². The number of fused-ring (bicyclic) bond motifs is 1. The van der Waals surface area contributed by atoms with E-state index < -0.39 is 0 Å². The number of nitrogens with zero attached hydrogens (tertiary/aromatic N) is 2. The number of aryl methyl sites for hydroxylation is 1. The number of likely N-dealkylation sites (N-methyl/N-ethyl adjacent to an activating group) is 1. The zero-order valence-corrected chi connectivity index (χ0v) is 15.9. The van der Waals surface area contributed by atoms with Crippen LogP contribution in [0.2, 0.25) is 0 Å². The molecule has 3 rings (SSSR count). The van der Waals surface area contributed by atoms with Crippen molar-refractivity contribution in [3.63, 3.8) is 0 Å². The molecule has 2 aromatic rings. The molecular formula is C22H26N2O. The molecule has 0 spiro atoms. The number of rotatable bonds is 3. The quantitative estimate of drug-likeness (QED) is 0.703. The number of methoxy groups -OCH3 is 1. The van der Waals surface area contributed by atoms with Gasteiger partial charge in [-0.2, -0.15) is 0 Å². The second-order valence-corrected chi connectivity index (χ2v) is 7.23. The molecule has 0 saturated carbocycles. The Labute approximate surface area is 150 Å². The highest BCUT2D eigenvalue weighted by Gasteiger charge is 2.28. The molecule has 0 N–H and O–H groups in total. The van der Waals surface area contributed by atoms with Gasteiger partial charge in [-0.25, -0.2) is 0 Å². The lowest BCUT2D eigenvalue weighted by atomic mass is 9.87. The van der Waals surface area contributed by atoms with Gasteiger partial charge in [-0.3, -0.25) is 4.99 Å². The Kier molecular flexibility index (Phi) is 4.42. The predicted molar refractivity (Wildman–Crippen MR) is 108 cm³/mol. The molecule has 25 heavy (non-hydrogen) atoms. The first-order valence-corrected chi connectivity index (χ1v) is 8.58. The van der Waals surface area contributed by atoms with E-state index in [-0.39, 0.29) is 5.54 Å². The third-order valence-corrected chi connectivity index (χ3v) is 5.01. The SMILES string of the molecule is COc1cccc(N=Cc2cc3c(cc2C)N(C)C(C)(C)C=C3C)c1. The van der Waals surface area contributed by atoms with Gasteiger partial charge < -0.3 is 9.64 Å². The summed E-state index contributed by atoms with van der Waals surface area (Å²) in [6.45, 7) is 8.81. The molecule has 0 aliphatic carbocycles. The van der Waals surface area contributed by atoms with E-state index in [9.17, 15) is 0 Å². The van der Waals surface area contributed by atoms with E-state index in [1.54, 1.807) is 7.11 Å². The van der Waals surface area contributed by atoms with Gasteiger partial charge in [-0.05, 0) is 68.7 Å². The lowest BCUT2D eigenvalue weighted by molar-refractivity contribution is 0.415. The smallest absolute Gasteiger partial charge is 0.121 e. The molecule has 1 aliphatic heterocycles. The summed E-state index contributed by atoms with van der Waals surface area (Å²) in [4.78, 5) is 6.97. The number of benzene rings is 2. The van der Waals surface area contributed by atoms with Crippen LogP contribution in [0.3, 0.4) is 0 Å². The van der Waals surface area contributed by atoms with Crippen molar-refractivity contribution in [2.24, 2.45) is 4.99 Å². The normalized spacial score (nSPS) is 15.9. The van der Waals surface area contributed by atoms with Crippen LogP contribution in [0.25, 0.3) is 5.57 Å². The minimum Gasteiger partial charge on any atom is -0.497 e. The Morgan fingerprint density at radius 3 is 2.60 bits per heavy atom. The predicted octanol–water partition coefficient (Wildman–Crippen LogP) is 5.39. The molecule has 0 bridgehead atoms. The van der Waals surface area contributed by atoms with Crippen LogP contribution in [0.1, 0.15) is 37.5 Å². The number of ether oxygens (including phenoxy) is 1. The summed E-state index contributed by atoms with van der Waals surface area (Å²) >= 11 is 0. The molecule has 0 unspecified atom stereocenters. The van der Waals surface area contributed by atoms with Crippen molar-refractivity contribution in [2.45, 2.75) is 33.2 Å². The summed E-state index contributed by atoms with van der Waals surface area (Å²) < 4.78 is 5.26. The Morgan fingerprint density at radius 2 is 1.88 bits per heavy atom. The summed E-state index contributed by atoms with van der Waals surface area (Å²) in [6, 6.07) is 12.3. The Bertz CT molecular complexity index is 862. The molecule has 0 aromatic heterocycles. The van der Waals surface area contributed by atoms with Crippen molar-refractivity contribution in [1.82, 2.24) is 0 Å². The molecule has 0 fully saturated rings. The van der Waals surface area contributed by atoms with Crippen LogP contribution in [-0.2, 0) is 0 Å². The monoisotopic (exact) mass is 334 g/mol. The van der Waals surface area contributed by atoms with Gasteiger partial charge in [0.05, 0.1) is 18.3 Å². The van der Waals surface area contributed by atoms with Crippen molar-refractivity contribution >= 4 is 23.2 Å². The summed E-state index contributed by atoms with van der Waals surface area (Å²) in [6.07, 6.45) is 4.27. The van der Waals surface area contributed by atoms with E-state index in [0.717, 1.165) is 17.0 Å². The topological polar surface area (TPSA) is 24.8 Å².